The lowest BCUT2D eigenvalue weighted by molar-refractivity contribution is -0.135. The van der Waals surface area contributed by atoms with Gasteiger partial charge in [-0.1, -0.05) is 6.07 Å². The van der Waals surface area contributed by atoms with E-state index in [1.807, 2.05) is 32.1 Å². The third-order valence-electron chi connectivity index (χ3n) is 4.87. The lowest BCUT2D eigenvalue weighted by Crippen LogP contribution is -1.97. The second-order valence-electron chi connectivity index (χ2n) is 6.47. The largest absolute Gasteiger partial charge is 0.496 e. The minimum atomic E-state index is -0.945. The van der Waals surface area contributed by atoms with Crippen molar-refractivity contribution in [2.75, 3.05) is 14.2 Å². The van der Waals surface area contributed by atoms with Gasteiger partial charge < -0.3 is 14.6 Å². The molecule has 0 saturated heterocycles. The lowest BCUT2D eigenvalue weighted by Gasteiger charge is -2.12. The van der Waals surface area contributed by atoms with Crippen LogP contribution in [0.15, 0.2) is 35.9 Å². The zero-order chi connectivity index (χ0) is 19.7. The minimum absolute atomic E-state index is 0.153. The molecule has 0 radical (unpaired) electrons. The number of ether oxygens (including phenoxy) is 2. The first-order chi connectivity index (χ1) is 12.8. The van der Waals surface area contributed by atoms with Crippen molar-refractivity contribution in [1.29, 1.82) is 0 Å². The maximum atomic E-state index is 13.8. The minimum Gasteiger partial charge on any atom is -0.496 e. The molecular weight excluding hydrogens is 347 g/mol. The Labute approximate surface area is 157 Å². The van der Waals surface area contributed by atoms with Gasteiger partial charge in [0.2, 0.25) is 0 Å². The van der Waals surface area contributed by atoms with Gasteiger partial charge in [0.25, 0.3) is 0 Å². The Morgan fingerprint density at radius 3 is 2.26 bits per heavy atom. The van der Waals surface area contributed by atoms with Crippen LogP contribution < -0.4 is 9.47 Å². The van der Waals surface area contributed by atoms with E-state index in [2.05, 4.69) is 0 Å². The SMILES string of the molecule is COc1cc(/C=C2/C(C)=C(CC(=O)O)c3cc(F)ccc32)cc(OC)c1C. The molecule has 2 aromatic carbocycles. The molecule has 0 atom stereocenters. The number of carboxylic acid groups (broad SMARTS) is 1. The van der Waals surface area contributed by atoms with E-state index in [0.29, 0.717) is 22.6 Å². The van der Waals surface area contributed by atoms with Crippen LogP contribution in [0.1, 0.15) is 35.6 Å². The van der Waals surface area contributed by atoms with Crippen molar-refractivity contribution >= 4 is 23.2 Å². The topological polar surface area (TPSA) is 55.8 Å². The standard InChI is InChI=1S/C22H21FO4/c1-12-17(7-14-8-20(26-3)13(2)21(9-14)27-4)16-6-5-15(23)10-19(16)18(12)11-22(24)25/h5-10H,11H2,1-4H3,(H,24,25)/b17-7-. The van der Waals surface area contributed by atoms with Crippen molar-refractivity contribution in [3.8, 4) is 11.5 Å². The second-order valence-corrected chi connectivity index (χ2v) is 6.47. The number of rotatable bonds is 5. The molecule has 3 rings (SSSR count). The first-order valence-corrected chi connectivity index (χ1v) is 8.52. The number of hydrogen-bond donors (Lipinski definition) is 1. The van der Waals surface area contributed by atoms with E-state index >= 15 is 0 Å². The third-order valence-corrected chi connectivity index (χ3v) is 4.87. The summed E-state index contributed by atoms with van der Waals surface area (Å²) in [6.45, 7) is 3.78. The van der Waals surface area contributed by atoms with E-state index in [9.17, 15) is 14.3 Å². The fourth-order valence-electron chi connectivity index (χ4n) is 3.49. The fraction of sp³-hybridized carbons (Fsp3) is 0.227. The molecule has 4 nitrogen and oxygen atoms in total. The van der Waals surface area contributed by atoms with Crippen LogP contribution in [-0.4, -0.2) is 25.3 Å². The number of methoxy groups -OCH3 is 2. The monoisotopic (exact) mass is 368 g/mol. The molecule has 0 heterocycles. The average molecular weight is 368 g/mol. The number of carbonyl (C=O) groups is 1. The molecule has 0 saturated carbocycles. The summed E-state index contributed by atoms with van der Waals surface area (Å²) in [5.74, 6) is 0.0701. The Balaban J connectivity index is 2.19. The Bertz CT molecular complexity index is 961. The van der Waals surface area contributed by atoms with E-state index in [0.717, 1.165) is 27.8 Å². The van der Waals surface area contributed by atoms with Crippen molar-refractivity contribution < 1.29 is 23.8 Å². The van der Waals surface area contributed by atoms with Crippen molar-refractivity contribution in [2.24, 2.45) is 0 Å². The molecule has 0 aliphatic heterocycles. The summed E-state index contributed by atoms with van der Waals surface area (Å²) in [6, 6.07) is 8.28. The highest BCUT2D eigenvalue weighted by Crippen LogP contribution is 2.44. The normalized spacial score (nSPS) is 14.5. The maximum absolute atomic E-state index is 13.8. The predicted molar refractivity (Wildman–Crippen MR) is 103 cm³/mol. The third kappa shape index (κ3) is 3.45. The number of hydrogen-bond acceptors (Lipinski definition) is 3. The smallest absolute Gasteiger partial charge is 0.307 e. The van der Waals surface area contributed by atoms with Crippen LogP contribution >= 0.6 is 0 Å². The first kappa shape index (κ1) is 18.7. The number of benzene rings is 2. The maximum Gasteiger partial charge on any atom is 0.307 e. The summed E-state index contributed by atoms with van der Waals surface area (Å²) in [6.07, 6.45) is 1.80. The van der Waals surface area contributed by atoms with Crippen molar-refractivity contribution in [1.82, 2.24) is 0 Å². The number of allylic oxidation sites excluding steroid dienone is 2. The molecule has 0 amide bonds. The van der Waals surface area contributed by atoms with Crippen LogP contribution in [0.5, 0.6) is 11.5 Å². The van der Waals surface area contributed by atoms with Gasteiger partial charge in [-0.3, -0.25) is 4.79 Å². The molecule has 0 spiro atoms. The summed E-state index contributed by atoms with van der Waals surface area (Å²) in [5.41, 5.74) is 5.54. The molecule has 0 fully saturated rings. The van der Waals surface area contributed by atoms with Crippen molar-refractivity contribution in [2.45, 2.75) is 20.3 Å². The van der Waals surface area contributed by atoms with Crippen LogP contribution in [0.25, 0.3) is 17.2 Å². The molecule has 0 unspecified atom stereocenters. The lowest BCUT2D eigenvalue weighted by atomic mass is 9.99. The van der Waals surface area contributed by atoms with Gasteiger partial charge in [-0.25, -0.2) is 4.39 Å². The summed E-state index contributed by atoms with van der Waals surface area (Å²) < 4.78 is 24.6. The van der Waals surface area contributed by atoms with Crippen LogP contribution in [0.4, 0.5) is 4.39 Å². The van der Waals surface area contributed by atoms with E-state index in [4.69, 9.17) is 9.47 Å². The summed E-state index contributed by atoms with van der Waals surface area (Å²) in [7, 11) is 3.20. The van der Waals surface area contributed by atoms with Gasteiger partial charge in [0.1, 0.15) is 17.3 Å². The van der Waals surface area contributed by atoms with E-state index in [-0.39, 0.29) is 12.2 Å². The van der Waals surface area contributed by atoms with E-state index in [1.54, 1.807) is 20.3 Å². The highest BCUT2D eigenvalue weighted by atomic mass is 19.1. The van der Waals surface area contributed by atoms with Gasteiger partial charge in [0.05, 0.1) is 20.6 Å². The number of aliphatic carboxylic acids is 1. The number of halogens is 1. The Morgan fingerprint density at radius 2 is 1.70 bits per heavy atom. The number of carboxylic acids is 1. The second kappa shape index (κ2) is 7.27. The van der Waals surface area contributed by atoms with Crippen molar-refractivity contribution in [3.05, 3.63) is 64.0 Å². The average Bonchev–Trinajstić information content (AvgIpc) is 2.87. The highest BCUT2D eigenvalue weighted by Gasteiger charge is 2.25. The van der Waals surface area contributed by atoms with Crippen LogP contribution in [0, 0.1) is 12.7 Å². The quantitative estimate of drug-likeness (QED) is 0.811. The van der Waals surface area contributed by atoms with E-state index < -0.39 is 5.97 Å². The fourth-order valence-corrected chi connectivity index (χ4v) is 3.49. The Morgan fingerprint density at radius 1 is 1.07 bits per heavy atom. The summed E-state index contributed by atoms with van der Waals surface area (Å²) in [5, 5.41) is 9.25. The van der Waals surface area contributed by atoms with Gasteiger partial charge in [-0.05, 0) is 77.6 Å². The molecule has 5 heteroatoms. The first-order valence-electron chi connectivity index (χ1n) is 8.52. The van der Waals surface area contributed by atoms with Crippen molar-refractivity contribution in [3.63, 3.8) is 0 Å². The van der Waals surface area contributed by atoms with Gasteiger partial charge in [-0.15, -0.1) is 0 Å². The van der Waals surface area contributed by atoms with Gasteiger partial charge in [0, 0.05) is 5.56 Å². The summed E-state index contributed by atoms with van der Waals surface area (Å²) >= 11 is 0. The van der Waals surface area contributed by atoms with Gasteiger partial charge in [-0.2, -0.15) is 0 Å². The Kier molecular flexibility index (Phi) is 5.04. The zero-order valence-electron chi connectivity index (χ0n) is 15.7. The molecule has 140 valence electrons. The van der Waals surface area contributed by atoms with E-state index in [1.165, 1.54) is 12.1 Å². The van der Waals surface area contributed by atoms with Crippen LogP contribution in [0.3, 0.4) is 0 Å². The molecular formula is C22H21FO4. The molecule has 1 aliphatic carbocycles. The molecule has 0 bridgehead atoms. The van der Waals surface area contributed by atoms with Crippen LogP contribution in [-0.2, 0) is 4.79 Å². The molecule has 1 N–H and O–H groups in total. The van der Waals surface area contributed by atoms with Gasteiger partial charge in [0.15, 0.2) is 0 Å². The molecule has 0 aromatic heterocycles. The zero-order valence-corrected chi connectivity index (χ0v) is 15.7. The predicted octanol–water partition coefficient (Wildman–Crippen LogP) is 4.95. The van der Waals surface area contributed by atoms with Gasteiger partial charge >= 0.3 is 5.97 Å². The number of fused-ring (bicyclic) bond motifs is 1. The molecule has 27 heavy (non-hydrogen) atoms. The Hall–Kier alpha value is -3.08. The molecule has 1 aliphatic rings. The summed E-state index contributed by atoms with van der Waals surface area (Å²) in [4.78, 5) is 11.3. The van der Waals surface area contributed by atoms with Crippen LogP contribution in [0.2, 0.25) is 0 Å². The highest BCUT2D eigenvalue weighted by molar-refractivity contribution is 6.07. The molecule has 2 aromatic rings.